The van der Waals surface area contributed by atoms with Crippen LogP contribution in [0.25, 0.3) is 0 Å². The number of anilines is 2. The van der Waals surface area contributed by atoms with E-state index in [0.29, 0.717) is 18.7 Å². The highest BCUT2D eigenvalue weighted by Gasteiger charge is 2.15. The maximum atomic E-state index is 13.0. The van der Waals surface area contributed by atoms with E-state index in [1.165, 1.54) is 5.56 Å². The zero-order valence-electron chi connectivity index (χ0n) is 18.3. The van der Waals surface area contributed by atoms with Crippen molar-refractivity contribution in [2.75, 3.05) is 38.6 Å². The molecule has 0 unspecified atom stereocenters. The van der Waals surface area contributed by atoms with Gasteiger partial charge in [-0.15, -0.1) is 0 Å². The molecule has 0 aliphatic heterocycles. The lowest BCUT2D eigenvalue weighted by molar-refractivity contribution is 0.0749. The number of hydrogen-bond donors (Lipinski definition) is 0. The number of carbonyl (C=O) groups excluding carboxylic acids is 1. The first-order valence-electron chi connectivity index (χ1n) is 10.4. The quantitative estimate of drug-likeness (QED) is 0.421. The van der Waals surface area contributed by atoms with Crippen LogP contribution in [0.3, 0.4) is 0 Å². The van der Waals surface area contributed by atoms with Crippen molar-refractivity contribution in [3.8, 4) is 0 Å². The summed E-state index contributed by atoms with van der Waals surface area (Å²) in [6.07, 6.45) is 3.55. The van der Waals surface area contributed by atoms with Crippen molar-refractivity contribution in [3.63, 3.8) is 0 Å². The lowest BCUT2D eigenvalue weighted by Crippen LogP contribution is -2.37. The first kappa shape index (κ1) is 23.0. The molecule has 0 aliphatic rings. The van der Waals surface area contributed by atoms with Gasteiger partial charge in [0.2, 0.25) is 0 Å². The van der Waals surface area contributed by atoms with Crippen molar-refractivity contribution in [2.45, 2.75) is 13.5 Å². The van der Waals surface area contributed by atoms with Crippen molar-refractivity contribution in [3.05, 3.63) is 88.7 Å². The number of aromatic nitrogens is 1. The molecule has 0 fully saturated rings. The van der Waals surface area contributed by atoms with Gasteiger partial charge in [-0.1, -0.05) is 34.1 Å². The summed E-state index contributed by atoms with van der Waals surface area (Å²) in [7, 11) is 4.09. The third kappa shape index (κ3) is 6.15. The first-order chi connectivity index (χ1) is 15.0. The van der Waals surface area contributed by atoms with Gasteiger partial charge < -0.3 is 14.7 Å². The number of carbonyl (C=O) groups is 1. The number of rotatable bonds is 9. The fraction of sp³-hybridized carbons (Fsp3) is 0.280. The average Bonchev–Trinajstić information content (AvgIpc) is 2.81. The SMILES string of the molecule is CCN(CCN(C)Cc1ccccc1Br)C(=O)c1ccc(N(C)c2ccncc2)cc1. The summed E-state index contributed by atoms with van der Waals surface area (Å²) in [5.41, 5.74) is 4.03. The Balaban J connectivity index is 1.59. The molecule has 0 radical (unpaired) electrons. The van der Waals surface area contributed by atoms with Gasteiger partial charge in [0, 0.05) is 67.0 Å². The van der Waals surface area contributed by atoms with Gasteiger partial charge in [-0.05, 0) is 62.0 Å². The van der Waals surface area contributed by atoms with Gasteiger partial charge in [0.15, 0.2) is 0 Å². The normalized spacial score (nSPS) is 10.9. The summed E-state index contributed by atoms with van der Waals surface area (Å²) in [5, 5.41) is 0. The highest BCUT2D eigenvalue weighted by Crippen LogP contribution is 2.23. The van der Waals surface area contributed by atoms with Crippen molar-refractivity contribution < 1.29 is 4.79 Å². The molecule has 0 spiro atoms. The van der Waals surface area contributed by atoms with E-state index in [1.54, 1.807) is 12.4 Å². The van der Waals surface area contributed by atoms with Crippen LogP contribution in [0, 0.1) is 0 Å². The monoisotopic (exact) mass is 480 g/mol. The number of likely N-dealkylation sites (N-methyl/N-ethyl adjacent to an activating group) is 2. The van der Waals surface area contributed by atoms with Gasteiger partial charge in [0.05, 0.1) is 0 Å². The Morgan fingerprint density at radius 2 is 1.55 bits per heavy atom. The average molecular weight is 481 g/mol. The van der Waals surface area contributed by atoms with Crippen LogP contribution in [0.5, 0.6) is 0 Å². The second-order valence-electron chi connectivity index (χ2n) is 7.53. The van der Waals surface area contributed by atoms with Crippen LogP contribution in [0.1, 0.15) is 22.8 Å². The second-order valence-corrected chi connectivity index (χ2v) is 8.38. The highest BCUT2D eigenvalue weighted by molar-refractivity contribution is 9.10. The van der Waals surface area contributed by atoms with Gasteiger partial charge >= 0.3 is 0 Å². The van der Waals surface area contributed by atoms with Gasteiger partial charge in [-0.2, -0.15) is 0 Å². The predicted octanol–water partition coefficient (Wildman–Crippen LogP) is 5.21. The maximum Gasteiger partial charge on any atom is 0.253 e. The van der Waals surface area contributed by atoms with E-state index in [9.17, 15) is 4.79 Å². The molecular weight excluding hydrogens is 452 g/mol. The van der Waals surface area contributed by atoms with E-state index in [4.69, 9.17) is 0 Å². The Kier molecular flexibility index (Phi) is 8.20. The van der Waals surface area contributed by atoms with Crippen molar-refractivity contribution >= 4 is 33.2 Å². The third-order valence-corrected chi connectivity index (χ3v) is 6.14. The third-order valence-electron chi connectivity index (χ3n) is 5.37. The van der Waals surface area contributed by atoms with E-state index in [0.717, 1.165) is 28.9 Å². The maximum absolute atomic E-state index is 13.0. The lowest BCUT2D eigenvalue weighted by atomic mass is 10.1. The number of halogens is 1. The van der Waals surface area contributed by atoms with Crippen LogP contribution in [-0.4, -0.2) is 54.4 Å². The smallest absolute Gasteiger partial charge is 0.253 e. The van der Waals surface area contributed by atoms with E-state index in [1.807, 2.05) is 67.4 Å². The Morgan fingerprint density at radius 1 is 0.903 bits per heavy atom. The molecule has 5 nitrogen and oxygen atoms in total. The molecule has 162 valence electrons. The molecule has 1 amide bonds. The molecule has 0 aliphatic carbocycles. The van der Waals surface area contributed by atoms with Crippen LogP contribution in [0.15, 0.2) is 77.5 Å². The molecule has 3 aromatic rings. The van der Waals surface area contributed by atoms with Crippen LogP contribution >= 0.6 is 15.9 Å². The number of nitrogens with zero attached hydrogens (tertiary/aromatic N) is 4. The molecule has 6 heteroatoms. The Bertz CT molecular complexity index is 978. The topological polar surface area (TPSA) is 39.7 Å². The van der Waals surface area contributed by atoms with Crippen LogP contribution in [-0.2, 0) is 6.54 Å². The molecule has 0 saturated carbocycles. The summed E-state index contributed by atoms with van der Waals surface area (Å²) in [6.45, 7) is 5.04. The molecule has 1 aromatic heterocycles. The predicted molar refractivity (Wildman–Crippen MR) is 131 cm³/mol. The van der Waals surface area contributed by atoms with E-state index in [-0.39, 0.29) is 5.91 Å². The van der Waals surface area contributed by atoms with Crippen molar-refractivity contribution in [1.29, 1.82) is 0 Å². The fourth-order valence-electron chi connectivity index (χ4n) is 3.42. The number of pyridine rings is 1. The summed E-state index contributed by atoms with van der Waals surface area (Å²) in [6, 6.07) is 19.9. The second kappa shape index (κ2) is 11.1. The highest BCUT2D eigenvalue weighted by atomic mass is 79.9. The number of hydrogen-bond acceptors (Lipinski definition) is 4. The van der Waals surface area contributed by atoms with E-state index >= 15 is 0 Å². The zero-order valence-corrected chi connectivity index (χ0v) is 19.9. The van der Waals surface area contributed by atoms with Crippen LogP contribution < -0.4 is 4.90 Å². The van der Waals surface area contributed by atoms with Gasteiger partial charge in [0.25, 0.3) is 5.91 Å². The largest absolute Gasteiger partial charge is 0.345 e. The minimum absolute atomic E-state index is 0.0647. The molecule has 1 heterocycles. The molecule has 0 N–H and O–H groups in total. The number of amides is 1. The molecule has 0 bridgehead atoms. The minimum Gasteiger partial charge on any atom is -0.345 e. The Morgan fingerprint density at radius 3 is 2.19 bits per heavy atom. The fourth-order valence-corrected chi connectivity index (χ4v) is 3.83. The van der Waals surface area contributed by atoms with Crippen LogP contribution in [0.4, 0.5) is 11.4 Å². The molecule has 31 heavy (non-hydrogen) atoms. The molecule has 3 rings (SSSR count). The lowest BCUT2D eigenvalue weighted by Gasteiger charge is -2.25. The van der Waals surface area contributed by atoms with Gasteiger partial charge in [-0.25, -0.2) is 0 Å². The van der Waals surface area contributed by atoms with Gasteiger partial charge in [0.1, 0.15) is 0 Å². The van der Waals surface area contributed by atoms with E-state index in [2.05, 4.69) is 49.9 Å². The van der Waals surface area contributed by atoms with E-state index < -0.39 is 0 Å². The van der Waals surface area contributed by atoms with Crippen LogP contribution in [0.2, 0.25) is 0 Å². The Hall–Kier alpha value is -2.70. The minimum atomic E-state index is 0.0647. The molecular formula is C25H29BrN4O. The Labute approximate surface area is 193 Å². The summed E-state index contributed by atoms with van der Waals surface area (Å²) in [4.78, 5) is 23.3. The summed E-state index contributed by atoms with van der Waals surface area (Å²) < 4.78 is 1.11. The molecule has 0 atom stereocenters. The molecule has 0 saturated heterocycles. The summed E-state index contributed by atoms with van der Waals surface area (Å²) in [5.74, 6) is 0.0647. The van der Waals surface area contributed by atoms with Crippen molar-refractivity contribution in [1.82, 2.24) is 14.8 Å². The first-order valence-corrected chi connectivity index (χ1v) is 11.2. The standard InChI is InChI=1S/C25H29BrN4O/c1-4-30(18-17-28(2)19-21-7-5-6-8-24(21)26)25(31)20-9-11-22(12-10-20)29(3)23-13-15-27-16-14-23/h5-16H,4,17-19H2,1-3H3. The summed E-state index contributed by atoms with van der Waals surface area (Å²) >= 11 is 3.61. The molecule has 2 aromatic carbocycles. The van der Waals surface area contributed by atoms with Gasteiger partial charge in [-0.3, -0.25) is 9.78 Å². The number of benzene rings is 2. The van der Waals surface area contributed by atoms with Crippen molar-refractivity contribution in [2.24, 2.45) is 0 Å². The zero-order chi connectivity index (χ0) is 22.2.